The van der Waals surface area contributed by atoms with E-state index in [1.807, 2.05) is 30.3 Å². The highest BCUT2D eigenvalue weighted by molar-refractivity contribution is 7.88. The molecule has 1 amide bonds. The fourth-order valence-corrected chi connectivity index (χ4v) is 4.64. The zero-order valence-corrected chi connectivity index (χ0v) is 19.9. The van der Waals surface area contributed by atoms with Gasteiger partial charge in [0.2, 0.25) is 10.0 Å². The van der Waals surface area contributed by atoms with Gasteiger partial charge in [-0.25, -0.2) is 18.6 Å². The summed E-state index contributed by atoms with van der Waals surface area (Å²) in [4.78, 5) is 16.7. The number of hydrogen-bond donors (Lipinski definition) is 2. The second kappa shape index (κ2) is 10.6. The monoisotopic (exact) mass is 478 g/mol. The van der Waals surface area contributed by atoms with Gasteiger partial charge in [-0.15, -0.1) is 9.60 Å². The molecule has 0 bridgehead atoms. The number of carbonyl (C=O) groups excluding carboxylic acids is 1. The van der Waals surface area contributed by atoms with Crippen molar-refractivity contribution in [1.29, 1.82) is 0 Å². The Morgan fingerprint density at radius 1 is 1.09 bits per heavy atom. The van der Waals surface area contributed by atoms with Gasteiger partial charge in [-0.2, -0.15) is 4.83 Å². The Kier molecular flexibility index (Phi) is 8.06. The summed E-state index contributed by atoms with van der Waals surface area (Å²) in [6.07, 6.45) is -0.507. The van der Waals surface area contributed by atoms with Gasteiger partial charge >= 0.3 is 6.09 Å². The third kappa shape index (κ3) is 7.50. The molecule has 2 aromatic rings. The Morgan fingerprint density at radius 3 is 2.45 bits per heavy atom. The molecule has 0 spiro atoms. The molecule has 33 heavy (non-hydrogen) atoms. The molecule has 0 saturated carbocycles. The summed E-state index contributed by atoms with van der Waals surface area (Å²) in [5, 5.41) is 0.679. The van der Waals surface area contributed by atoms with E-state index in [-0.39, 0.29) is 31.9 Å². The smallest absolute Gasteiger partial charge is 0.410 e. The molecule has 3 rings (SSSR count). The highest BCUT2D eigenvalue weighted by atomic mass is 32.2. The Balaban J connectivity index is 1.72. The third-order valence-electron chi connectivity index (χ3n) is 5.08. The van der Waals surface area contributed by atoms with E-state index in [0.717, 1.165) is 11.1 Å². The summed E-state index contributed by atoms with van der Waals surface area (Å²) in [6, 6.07) is 15.6. The second-order valence-corrected chi connectivity index (χ2v) is 10.7. The number of ether oxygens (including phenoxy) is 1. The van der Waals surface area contributed by atoms with E-state index in [2.05, 4.69) is 10.3 Å². The van der Waals surface area contributed by atoms with E-state index in [4.69, 9.17) is 4.74 Å². The Bertz CT molecular complexity index is 1040. The summed E-state index contributed by atoms with van der Waals surface area (Å²) < 4.78 is 44.5. The average Bonchev–Trinajstić information content (AvgIpc) is 2.73. The van der Waals surface area contributed by atoms with Crippen LogP contribution in [0.2, 0.25) is 0 Å². The maximum atomic E-state index is 14.2. The van der Waals surface area contributed by atoms with Crippen LogP contribution in [-0.4, -0.2) is 49.8 Å². The van der Waals surface area contributed by atoms with Crippen LogP contribution in [0.5, 0.6) is 0 Å². The normalized spacial score (nSPS) is 17.7. The van der Waals surface area contributed by atoms with Crippen LogP contribution < -0.4 is 10.3 Å². The minimum atomic E-state index is -3.61. The van der Waals surface area contributed by atoms with Crippen molar-refractivity contribution in [1.82, 2.24) is 20.3 Å². The van der Waals surface area contributed by atoms with Crippen molar-refractivity contribution >= 4 is 16.1 Å². The maximum Gasteiger partial charge on any atom is 0.410 e. The van der Waals surface area contributed by atoms with E-state index in [0.29, 0.717) is 10.7 Å². The molecule has 8 nitrogen and oxygen atoms in total. The first-order chi connectivity index (χ1) is 15.5. The van der Waals surface area contributed by atoms with Gasteiger partial charge in [-0.05, 0) is 37.5 Å². The summed E-state index contributed by atoms with van der Waals surface area (Å²) in [5.74, 6) is -0.158. The zero-order chi connectivity index (χ0) is 24.1. The van der Waals surface area contributed by atoms with Crippen molar-refractivity contribution in [3.8, 4) is 0 Å². The van der Waals surface area contributed by atoms with Crippen molar-refractivity contribution in [2.24, 2.45) is 0 Å². The largest absolute Gasteiger partial charge is 0.444 e. The van der Waals surface area contributed by atoms with E-state index < -0.39 is 27.8 Å². The first kappa shape index (κ1) is 25.1. The average molecular weight is 479 g/mol. The fraction of sp³-hybridized carbons (Fsp3) is 0.435. The van der Waals surface area contributed by atoms with E-state index in [1.54, 1.807) is 45.0 Å². The number of nitrogens with one attached hydrogen (secondary N) is 2. The first-order valence-corrected chi connectivity index (χ1v) is 12.4. The molecule has 0 radical (unpaired) electrons. The first-order valence-electron chi connectivity index (χ1n) is 10.8. The lowest BCUT2D eigenvalue weighted by Gasteiger charge is -2.39. The molecule has 2 aromatic carbocycles. The predicted octanol–water partition coefficient (Wildman–Crippen LogP) is 3.29. The summed E-state index contributed by atoms with van der Waals surface area (Å²) in [7, 11) is -3.61. The minimum Gasteiger partial charge on any atom is -0.444 e. The number of sulfonamides is 1. The number of hydrazine groups is 1. The summed E-state index contributed by atoms with van der Waals surface area (Å²) in [5.41, 5.74) is 4.22. The second-order valence-electron chi connectivity index (χ2n) is 8.96. The van der Waals surface area contributed by atoms with Gasteiger partial charge in [-0.3, -0.25) is 4.90 Å². The number of piperazine rings is 1. The molecule has 1 aliphatic rings. The maximum absolute atomic E-state index is 14.2. The van der Waals surface area contributed by atoms with Gasteiger partial charge in [0.25, 0.3) is 0 Å². The molecule has 2 N–H and O–H groups in total. The lowest BCUT2D eigenvalue weighted by molar-refractivity contribution is -0.0576. The lowest BCUT2D eigenvalue weighted by atomic mass is 9.97. The molecule has 0 aromatic heterocycles. The summed E-state index contributed by atoms with van der Waals surface area (Å²) in [6.45, 7) is 5.78. The molecule has 1 fully saturated rings. The van der Waals surface area contributed by atoms with Gasteiger partial charge < -0.3 is 4.74 Å². The highest BCUT2D eigenvalue weighted by Gasteiger charge is 2.35. The van der Waals surface area contributed by atoms with Gasteiger partial charge in [0.05, 0.1) is 18.3 Å². The molecule has 1 heterocycles. The van der Waals surface area contributed by atoms with Crippen LogP contribution in [0.15, 0.2) is 54.6 Å². The molecule has 1 aliphatic heterocycles. The Labute approximate surface area is 194 Å². The molecule has 1 atom stereocenters. The topological polar surface area (TPSA) is 91.0 Å². The van der Waals surface area contributed by atoms with Crippen LogP contribution in [0, 0.1) is 0 Å². The predicted molar refractivity (Wildman–Crippen MR) is 124 cm³/mol. The van der Waals surface area contributed by atoms with E-state index in [9.17, 15) is 17.7 Å². The van der Waals surface area contributed by atoms with Gasteiger partial charge in [0, 0.05) is 19.6 Å². The van der Waals surface area contributed by atoms with Crippen molar-refractivity contribution in [2.45, 2.75) is 44.7 Å². The van der Waals surface area contributed by atoms with Gasteiger partial charge in [0.15, 0.2) is 0 Å². The van der Waals surface area contributed by atoms with Crippen LogP contribution in [0.25, 0.3) is 0 Å². The molecule has 10 heteroatoms. The lowest BCUT2D eigenvalue weighted by Crippen LogP contribution is -2.50. The molecule has 1 saturated heterocycles. The summed E-state index contributed by atoms with van der Waals surface area (Å²) >= 11 is 0. The minimum absolute atomic E-state index is 0.00398. The highest BCUT2D eigenvalue weighted by Crippen LogP contribution is 2.30. The van der Waals surface area contributed by atoms with Crippen LogP contribution in [0.4, 0.5) is 9.28 Å². The van der Waals surface area contributed by atoms with Crippen LogP contribution in [0.3, 0.4) is 0 Å². The quantitative estimate of drug-likeness (QED) is 0.469. The molecule has 0 aliphatic carbocycles. The number of nitrogens with zero attached hydrogens (tertiary/aromatic N) is 2. The number of benzene rings is 2. The fourth-order valence-electron chi connectivity index (χ4n) is 3.65. The van der Waals surface area contributed by atoms with Crippen LogP contribution >= 0.6 is 0 Å². The molecular formula is C23H31FN4O4S. The molecule has 180 valence electrons. The zero-order valence-electron chi connectivity index (χ0n) is 19.1. The number of carbonyl (C=O) groups is 1. The van der Waals surface area contributed by atoms with Crippen molar-refractivity contribution < 1.29 is 22.4 Å². The standard InChI is InChI=1S/C23H31FN4O4S/c1-23(2,3)32-22(29)28-14-13-27(24)16-21(28)20-12-8-7-11-19(20)15-25-26-33(30,31)17-18-9-5-4-6-10-18/h4-12,21,25-26H,13-17H2,1-3H3. The van der Waals surface area contributed by atoms with E-state index in [1.165, 1.54) is 4.90 Å². The van der Waals surface area contributed by atoms with E-state index >= 15 is 0 Å². The van der Waals surface area contributed by atoms with Gasteiger partial charge in [0.1, 0.15) is 5.60 Å². The Morgan fingerprint density at radius 2 is 1.76 bits per heavy atom. The van der Waals surface area contributed by atoms with Crippen molar-refractivity contribution in [3.63, 3.8) is 0 Å². The SMILES string of the molecule is CC(C)(C)OC(=O)N1CCN(F)CC1c1ccccc1CNNS(=O)(=O)Cc1ccccc1. The third-order valence-corrected chi connectivity index (χ3v) is 6.25. The van der Waals surface area contributed by atoms with Crippen molar-refractivity contribution in [3.05, 3.63) is 71.3 Å². The number of rotatable bonds is 7. The molecule has 1 unspecified atom stereocenters. The number of amides is 1. The Hall–Kier alpha value is -2.53. The molecular weight excluding hydrogens is 447 g/mol. The number of halogens is 1. The van der Waals surface area contributed by atoms with Crippen molar-refractivity contribution in [2.75, 3.05) is 19.6 Å². The van der Waals surface area contributed by atoms with Crippen LogP contribution in [-0.2, 0) is 27.1 Å². The van der Waals surface area contributed by atoms with Crippen LogP contribution in [0.1, 0.15) is 43.5 Å². The number of hydrogen-bond acceptors (Lipinski definition) is 6. The van der Waals surface area contributed by atoms with Gasteiger partial charge in [-0.1, -0.05) is 54.6 Å².